The van der Waals surface area contributed by atoms with E-state index in [2.05, 4.69) is 29.0 Å². The zero-order valence-corrected chi connectivity index (χ0v) is 20.5. The Balaban J connectivity index is 0.00000320. The van der Waals surface area contributed by atoms with Crippen molar-refractivity contribution in [2.75, 3.05) is 20.8 Å². The second-order valence-corrected chi connectivity index (χ2v) is 7.51. The molecule has 162 valence electrons. The lowest BCUT2D eigenvalue weighted by atomic mass is 10.1. The lowest BCUT2D eigenvalue weighted by Crippen LogP contribution is -2.39. The maximum atomic E-state index is 5.53. The zero-order valence-electron chi connectivity index (χ0n) is 17.4. The molecule has 3 aromatic rings. The lowest BCUT2D eigenvalue weighted by molar-refractivity contribution is 0.394. The highest BCUT2D eigenvalue weighted by atomic mass is 127. The minimum atomic E-state index is -0.0294. The molecule has 3 rings (SSSR count). The van der Waals surface area contributed by atoms with E-state index in [-0.39, 0.29) is 30.0 Å². The molecule has 0 amide bonds. The topological polar surface area (TPSA) is 68.0 Å². The van der Waals surface area contributed by atoms with Gasteiger partial charge in [-0.05, 0) is 48.7 Å². The van der Waals surface area contributed by atoms with Gasteiger partial charge < -0.3 is 24.5 Å². The predicted molar refractivity (Wildman–Crippen MR) is 132 cm³/mol. The molecule has 0 aliphatic heterocycles. The second-order valence-electron chi connectivity index (χ2n) is 6.47. The Hall–Kier alpha value is -2.20. The average molecular weight is 541 g/mol. The van der Waals surface area contributed by atoms with Crippen molar-refractivity contribution in [3.8, 4) is 11.5 Å². The summed E-state index contributed by atoms with van der Waals surface area (Å²) < 4.78 is 16.3. The smallest absolute Gasteiger partial charge is 0.192 e. The van der Waals surface area contributed by atoms with Gasteiger partial charge in [-0.3, -0.25) is 0 Å². The van der Waals surface area contributed by atoms with Gasteiger partial charge in [-0.2, -0.15) is 0 Å². The predicted octanol–water partition coefficient (Wildman–Crippen LogP) is 5.02. The first-order chi connectivity index (χ1) is 14.2. The summed E-state index contributed by atoms with van der Waals surface area (Å²) in [4.78, 5) is 5.96. The number of thiophene rings is 1. The molecule has 0 spiro atoms. The molecular weight excluding hydrogens is 513 g/mol. The van der Waals surface area contributed by atoms with Crippen LogP contribution in [0.2, 0.25) is 0 Å². The van der Waals surface area contributed by atoms with Crippen LogP contribution in [0.25, 0.3) is 0 Å². The third-order valence-electron chi connectivity index (χ3n) is 4.47. The fourth-order valence-corrected chi connectivity index (χ4v) is 3.56. The number of aliphatic imine (C=N–C) groups is 1. The van der Waals surface area contributed by atoms with Crippen molar-refractivity contribution >= 4 is 41.3 Å². The fourth-order valence-electron chi connectivity index (χ4n) is 2.93. The van der Waals surface area contributed by atoms with Gasteiger partial charge in [-0.1, -0.05) is 6.07 Å². The summed E-state index contributed by atoms with van der Waals surface area (Å²) in [5.41, 5.74) is 1.00. The number of nitrogens with zero attached hydrogens (tertiary/aromatic N) is 1. The van der Waals surface area contributed by atoms with Crippen molar-refractivity contribution in [2.45, 2.75) is 25.9 Å². The molecule has 0 radical (unpaired) electrons. The molecule has 2 heterocycles. The van der Waals surface area contributed by atoms with E-state index in [1.54, 1.807) is 31.8 Å². The number of guanidine groups is 1. The highest BCUT2D eigenvalue weighted by molar-refractivity contribution is 14.0. The number of hydrogen-bond donors (Lipinski definition) is 2. The molecule has 1 atom stereocenters. The van der Waals surface area contributed by atoms with Crippen LogP contribution >= 0.6 is 35.3 Å². The Morgan fingerprint density at radius 1 is 1.17 bits per heavy atom. The molecule has 8 heteroatoms. The normalized spacial score (nSPS) is 12.0. The molecule has 0 fully saturated rings. The highest BCUT2D eigenvalue weighted by Crippen LogP contribution is 2.29. The van der Waals surface area contributed by atoms with Crippen molar-refractivity contribution in [3.05, 3.63) is 70.3 Å². The molecule has 0 saturated heterocycles. The maximum Gasteiger partial charge on any atom is 0.192 e. The van der Waals surface area contributed by atoms with E-state index >= 15 is 0 Å². The molecule has 1 unspecified atom stereocenters. The Kier molecular flexibility index (Phi) is 10.0. The van der Waals surface area contributed by atoms with Crippen LogP contribution in [0.3, 0.4) is 0 Å². The number of rotatable bonds is 9. The van der Waals surface area contributed by atoms with Gasteiger partial charge in [-0.25, -0.2) is 4.99 Å². The molecule has 2 N–H and O–H groups in total. The summed E-state index contributed by atoms with van der Waals surface area (Å²) in [5.74, 6) is 3.27. The molecule has 2 aromatic heterocycles. The first-order valence-electron chi connectivity index (χ1n) is 9.51. The molecule has 0 aliphatic rings. The number of furan rings is 1. The van der Waals surface area contributed by atoms with E-state index < -0.39 is 0 Å². The van der Waals surface area contributed by atoms with Crippen LogP contribution in [0.4, 0.5) is 0 Å². The van der Waals surface area contributed by atoms with Gasteiger partial charge in [0.15, 0.2) is 5.96 Å². The van der Waals surface area contributed by atoms with Crippen molar-refractivity contribution in [1.29, 1.82) is 0 Å². The SMILES string of the molecule is COc1ccc(OC)c(C(C)NC(=NCc2cccs2)NCCc2ccco2)c1.I. The summed E-state index contributed by atoms with van der Waals surface area (Å²) in [5, 5.41) is 8.94. The minimum absolute atomic E-state index is 0. The van der Waals surface area contributed by atoms with Crippen LogP contribution in [0.15, 0.2) is 63.5 Å². The minimum Gasteiger partial charge on any atom is -0.497 e. The van der Waals surface area contributed by atoms with Gasteiger partial charge >= 0.3 is 0 Å². The van der Waals surface area contributed by atoms with Gasteiger partial charge in [0.25, 0.3) is 0 Å². The van der Waals surface area contributed by atoms with Gasteiger partial charge in [-0.15, -0.1) is 35.3 Å². The van der Waals surface area contributed by atoms with Gasteiger partial charge in [0.1, 0.15) is 17.3 Å². The van der Waals surface area contributed by atoms with Gasteiger partial charge in [0.2, 0.25) is 0 Å². The van der Waals surface area contributed by atoms with E-state index in [0.717, 1.165) is 35.2 Å². The number of halogens is 1. The van der Waals surface area contributed by atoms with E-state index in [9.17, 15) is 0 Å². The second kappa shape index (κ2) is 12.5. The fraction of sp³-hybridized carbons (Fsp3) is 0.318. The largest absolute Gasteiger partial charge is 0.497 e. The Morgan fingerprint density at radius 3 is 2.70 bits per heavy atom. The zero-order chi connectivity index (χ0) is 20.5. The van der Waals surface area contributed by atoms with Crippen LogP contribution in [-0.2, 0) is 13.0 Å². The number of methoxy groups -OCH3 is 2. The molecule has 0 saturated carbocycles. The summed E-state index contributed by atoms with van der Waals surface area (Å²) in [6.07, 6.45) is 2.47. The van der Waals surface area contributed by atoms with Crippen molar-refractivity contribution in [2.24, 2.45) is 4.99 Å². The van der Waals surface area contributed by atoms with Crippen LogP contribution in [0, 0.1) is 0 Å². The lowest BCUT2D eigenvalue weighted by Gasteiger charge is -2.21. The molecule has 0 bridgehead atoms. The quantitative estimate of drug-likeness (QED) is 0.226. The van der Waals surface area contributed by atoms with E-state index in [1.165, 1.54) is 4.88 Å². The van der Waals surface area contributed by atoms with Crippen LogP contribution in [-0.4, -0.2) is 26.7 Å². The van der Waals surface area contributed by atoms with E-state index in [0.29, 0.717) is 13.1 Å². The highest BCUT2D eigenvalue weighted by Gasteiger charge is 2.14. The van der Waals surface area contributed by atoms with Gasteiger partial charge in [0.05, 0.1) is 33.1 Å². The first-order valence-corrected chi connectivity index (χ1v) is 10.4. The molecule has 30 heavy (non-hydrogen) atoms. The monoisotopic (exact) mass is 541 g/mol. The first kappa shape index (κ1) is 24.1. The van der Waals surface area contributed by atoms with Crippen molar-refractivity contribution in [1.82, 2.24) is 10.6 Å². The Labute approximate surface area is 198 Å². The van der Waals surface area contributed by atoms with Crippen molar-refractivity contribution in [3.63, 3.8) is 0 Å². The summed E-state index contributed by atoms with van der Waals surface area (Å²) in [6.45, 7) is 3.41. The third-order valence-corrected chi connectivity index (χ3v) is 5.33. The Morgan fingerprint density at radius 2 is 2.03 bits per heavy atom. The number of benzene rings is 1. The van der Waals surface area contributed by atoms with Crippen molar-refractivity contribution < 1.29 is 13.9 Å². The Bertz CT molecular complexity index is 899. The third kappa shape index (κ3) is 6.94. The molecule has 6 nitrogen and oxygen atoms in total. The summed E-state index contributed by atoms with van der Waals surface area (Å²) >= 11 is 1.70. The van der Waals surface area contributed by atoms with Crippen LogP contribution in [0.5, 0.6) is 11.5 Å². The maximum absolute atomic E-state index is 5.53. The molecular formula is C22H28IN3O3S. The number of hydrogen-bond acceptors (Lipinski definition) is 5. The van der Waals surface area contributed by atoms with E-state index in [1.807, 2.05) is 36.4 Å². The summed E-state index contributed by atoms with van der Waals surface area (Å²) in [6, 6.07) is 13.8. The number of nitrogens with one attached hydrogen (secondary N) is 2. The van der Waals surface area contributed by atoms with Crippen LogP contribution in [0.1, 0.15) is 29.2 Å². The average Bonchev–Trinajstić information content (AvgIpc) is 3.45. The van der Waals surface area contributed by atoms with Gasteiger partial charge in [0, 0.05) is 23.4 Å². The number of ether oxygens (including phenoxy) is 2. The van der Waals surface area contributed by atoms with E-state index in [4.69, 9.17) is 18.9 Å². The molecule has 1 aromatic carbocycles. The summed E-state index contributed by atoms with van der Waals surface area (Å²) in [7, 11) is 3.33. The standard InChI is InChI=1S/C22H27N3O3S.HI/c1-16(20-14-18(26-2)8-9-21(20)27-3)25-22(24-15-19-7-5-13-29-19)23-11-10-17-6-4-12-28-17;/h4-9,12-14,16H,10-11,15H2,1-3H3,(H2,23,24,25);1H. The van der Waals surface area contributed by atoms with Crippen LogP contribution < -0.4 is 20.1 Å². The molecule has 0 aliphatic carbocycles.